The molecule has 0 aromatic heterocycles. The van der Waals surface area contributed by atoms with Crippen LogP contribution in [0.3, 0.4) is 0 Å². The van der Waals surface area contributed by atoms with Crippen LogP contribution in [-0.2, 0) is 11.2 Å². The van der Waals surface area contributed by atoms with E-state index in [0.29, 0.717) is 12.3 Å². The van der Waals surface area contributed by atoms with Gasteiger partial charge in [-0.1, -0.05) is 18.2 Å². The van der Waals surface area contributed by atoms with Gasteiger partial charge in [-0.2, -0.15) is 0 Å². The Morgan fingerprint density at radius 2 is 2.06 bits per heavy atom. The molecule has 0 saturated heterocycles. The molecule has 100 valence electrons. The van der Waals surface area contributed by atoms with Gasteiger partial charge in [0.25, 0.3) is 0 Å². The quantitative estimate of drug-likeness (QED) is 0.787. The summed E-state index contributed by atoms with van der Waals surface area (Å²) in [5.74, 6) is 0.734. The van der Waals surface area contributed by atoms with Crippen LogP contribution in [0.15, 0.2) is 18.2 Å². The zero-order valence-corrected chi connectivity index (χ0v) is 12.2. The predicted molar refractivity (Wildman–Crippen MR) is 77.2 cm³/mol. The highest BCUT2D eigenvalue weighted by Crippen LogP contribution is 2.10. The number of carbonyl (C=O) groups excluding carboxylic acids is 1. The minimum absolute atomic E-state index is 0.0836. The van der Waals surface area contributed by atoms with Crippen LogP contribution in [0.4, 0.5) is 0 Å². The van der Waals surface area contributed by atoms with Gasteiger partial charge in [0.2, 0.25) is 5.91 Å². The number of alkyl halides is 1. The van der Waals surface area contributed by atoms with Gasteiger partial charge in [0.15, 0.2) is 0 Å². The van der Waals surface area contributed by atoms with Crippen LogP contribution in [-0.4, -0.2) is 17.8 Å². The summed E-state index contributed by atoms with van der Waals surface area (Å²) < 4.78 is 0. The highest BCUT2D eigenvalue weighted by molar-refractivity contribution is 6.17. The standard InChI is InChI=1S/C15H22ClNO/c1-11-6-7-14(9-12(11)2)10-15(18)17-13(3)5-4-8-16/h6-7,9,13H,4-5,8,10H2,1-3H3,(H,17,18). The normalized spacial score (nSPS) is 12.2. The summed E-state index contributed by atoms with van der Waals surface area (Å²) in [5.41, 5.74) is 3.56. The van der Waals surface area contributed by atoms with Crippen LogP contribution in [0.1, 0.15) is 36.5 Å². The Labute approximate surface area is 115 Å². The Hall–Kier alpha value is -1.02. The van der Waals surface area contributed by atoms with Gasteiger partial charge in [0, 0.05) is 11.9 Å². The van der Waals surface area contributed by atoms with Crippen LogP contribution in [0.5, 0.6) is 0 Å². The Kier molecular flexibility index (Phi) is 6.20. The monoisotopic (exact) mass is 267 g/mol. The summed E-state index contributed by atoms with van der Waals surface area (Å²) in [6, 6.07) is 6.36. The van der Waals surface area contributed by atoms with Gasteiger partial charge >= 0.3 is 0 Å². The van der Waals surface area contributed by atoms with Crippen molar-refractivity contribution in [3.63, 3.8) is 0 Å². The molecule has 0 fully saturated rings. The highest BCUT2D eigenvalue weighted by Gasteiger charge is 2.08. The van der Waals surface area contributed by atoms with E-state index in [1.54, 1.807) is 0 Å². The van der Waals surface area contributed by atoms with E-state index >= 15 is 0 Å². The second-order valence-electron chi connectivity index (χ2n) is 4.90. The Balaban J connectivity index is 2.46. The number of hydrogen-bond acceptors (Lipinski definition) is 1. The van der Waals surface area contributed by atoms with Crippen molar-refractivity contribution in [2.24, 2.45) is 0 Å². The fourth-order valence-electron chi connectivity index (χ4n) is 1.88. The van der Waals surface area contributed by atoms with E-state index in [-0.39, 0.29) is 11.9 Å². The van der Waals surface area contributed by atoms with Crippen molar-refractivity contribution in [1.29, 1.82) is 0 Å². The molecule has 0 saturated carbocycles. The molecule has 0 spiro atoms. The van der Waals surface area contributed by atoms with Gasteiger partial charge in [0.1, 0.15) is 0 Å². The van der Waals surface area contributed by atoms with E-state index < -0.39 is 0 Å². The lowest BCUT2D eigenvalue weighted by Gasteiger charge is -2.13. The third kappa shape index (κ3) is 5.09. The number of rotatable bonds is 6. The largest absolute Gasteiger partial charge is 0.353 e. The maximum Gasteiger partial charge on any atom is 0.224 e. The third-order valence-electron chi connectivity index (χ3n) is 3.11. The summed E-state index contributed by atoms with van der Waals surface area (Å²) >= 11 is 5.63. The lowest BCUT2D eigenvalue weighted by atomic mass is 10.0. The lowest BCUT2D eigenvalue weighted by Crippen LogP contribution is -2.33. The van der Waals surface area contributed by atoms with E-state index in [2.05, 4.69) is 31.3 Å². The number of nitrogens with one attached hydrogen (secondary N) is 1. The van der Waals surface area contributed by atoms with Gasteiger partial charge < -0.3 is 5.32 Å². The van der Waals surface area contributed by atoms with E-state index in [1.807, 2.05) is 13.0 Å². The molecule has 1 N–H and O–H groups in total. The number of aryl methyl sites for hydroxylation is 2. The molecule has 0 aliphatic carbocycles. The molecule has 2 nitrogen and oxygen atoms in total. The van der Waals surface area contributed by atoms with Crippen molar-refractivity contribution in [3.05, 3.63) is 34.9 Å². The summed E-state index contributed by atoms with van der Waals surface area (Å²) in [6.45, 7) is 6.16. The molecular weight excluding hydrogens is 246 g/mol. The van der Waals surface area contributed by atoms with Crippen molar-refractivity contribution in [2.75, 3.05) is 5.88 Å². The fourth-order valence-corrected chi connectivity index (χ4v) is 2.03. The van der Waals surface area contributed by atoms with Crippen LogP contribution in [0, 0.1) is 13.8 Å². The van der Waals surface area contributed by atoms with E-state index in [4.69, 9.17) is 11.6 Å². The van der Waals surface area contributed by atoms with Crippen LogP contribution < -0.4 is 5.32 Å². The van der Waals surface area contributed by atoms with Gasteiger partial charge in [-0.25, -0.2) is 0 Å². The topological polar surface area (TPSA) is 29.1 Å². The average molecular weight is 268 g/mol. The van der Waals surface area contributed by atoms with Gasteiger partial charge in [-0.05, 0) is 50.3 Å². The molecule has 1 unspecified atom stereocenters. The minimum atomic E-state index is 0.0836. The van der Waals surface area contributed by atoms with Crippen molar-refractivity contribution in [1.82, 2.24) is 5.32 Å². The van der Waals surface area contributed by atoms with Gasteiger partial charge in [0.05, 0.1) is 6.42 Å². The smallest absolute Gasteiger partial charge is 0.224 e. The fraction of sp³-hybridized carbons (Fsp3) is 0.533. The number of benzene rings is 1. The zero-order valence-electron chi connectivity index (χ0n) is 11.4. The molecule has 3 heteroatoms. The summed E-state index contributed by atoms with van der Waals surface area (Å²) in [4.78, 5) is 11.8. The van der Waals surface area contributed by atoms with Crippen LogP contribution >= 0.6 is 11.6 Å². The Morgan fingerprint density at radius 1 is 1.33 bits per heavy atom. The predicted octanol–water partition coefficient (Wildman–Crippen LogP) is 3.37. The molecule has 0 bridgehead atoms. The molecule has 1 aromatic carbocycles. The molecule has 1 rings (SSSR count). The SMILES string of the molecule is Cc1ccc(CC(=O)NC(C)CCCCl)cc1C. The molecule has 0 heterocycles. The number of carbonyl (C=O) groups is 1. The second kappa shape index (κ2) is 7.42. The first-order valence-corrected chi connectivity index (χ1v) is 6.98. The zero-order chi connectivity index (χ0) is 13.5. The van der Waals surface area contributed by atoms with Gasteiger partial charge in [-0.3, -0.25) is 4.79 Å². The average Bonchev–Trinajstić information content (AvgIpc) is 2.31. The summed E-state index contributed by atoms with van der Waals surface area (Å²) in [5, 5.41) is 3.00. The third-order valence-corrected chi connectivity index (χ3v) is 3.38. The van der Waals surface area contributed by atoms with Crippen molar-refractivity contribution >= 4 is 17.5 Å². The van der Waals surface area contributed by atoms with E-state index in [9.17, 15) is 4.79 Å². The molecule has 0 aliphatic heterocycles. The molecule has 0 radical (unpaired) electrons. The molecular formula is C15H22ClNO. The van der Waals surface area contributed by atoms with Crippen molar-refractivity contribution < 1.29 is 4.79 Å². The second-order valence-corrected chi connectivity index (χ2v) is 5.27. The maximum absolute atomic E-state index is 11.8. The first-order chi connectivity index (χ1) is 8.52. The first kappa shape index (κ1) is 15.0. The Morgan fingerprint density at radius 3 is 2.67 bits per heavy atom. The Bertz CT molecular complexity index is 403. The first-order valence-electron chi connectivity index (χ1n) is 6.44. The lowest BCUT2D eigenvalue weighted by molar-refractivity contribution is -0.121. The van der Waals surface area contributed by atoms with Gasteiger partial charge in [-0.15, -0.1) is 11.6 Å². The maximum atomic E-state index is 11.8. The van der Waals surface area contributed by atoms with Crippen molar-refractivity contribution in [2.45, 2.75) is 46.1 Å². The molecule has 1 amide bonds. The van der Waals surface area contributed by atoms with E-state index in [1.165, 1.54) is 11.1 Å². The summed E-state index contributed by atoms with van der Waals surface area (Å²) in [7, 11) is 0. The molecule has 18 heavy (non-hydrogen) atoms. The van der Waals surface area contributed by atoms with Crippen LogP contribution in [0.2, 0.25) is 0 Å². The number of amides is 1. The number of hydrogen-bond donors (Lipinski definition) is 1. The van der Waals surface area contributed by atoms with E-state index in [0.717, 1.165) is 18.4 Å². The summed E-state index contributed by atoms with van der Waals surface area (Å²) in [6.07, 6.45) is 2.32. The molecule has 1 atom stereocenters. The highest BCUT2D eigenvalue weighted by atomic mass is 35.5. The van der Waals surface area contributed by atoms with Crippen molar-refractivity contribution in [3.8, 4) is 0 Å². The number of halogens is 1. The minimum Gasteiger partial charge on any atom is -0.353 e. The molecule has 1 aromatic rings. The van der Waals surface area contributed by atoms with Crippen LogP contribution in [0.25, 0.3) is 0 Å². The molecule has 0 aliphatic rings.